The van der Waals surface area contributed by atoms with Crippen molar-refractivity contribution in [1.29, 1.82) is 0 Å². The van der Waals surface area contributed by atoms with Gasteiger partial charge < -0.3 is 10.4 Å². The number of carboxylic acids is 1. The van der Waals surface area contributed by atoms with Crippen LogP contribution in [0.1, 0.15) is 12.8 Å². The highest BCUT2D eigenvalue weighted by molar-refractivity contribution is 7.85. The number of benzene rings is 3. The zero-order chi connectivity index (χ0) is 22.6. The van der Waals surface area contributed by atoms with E-state index in [9.17, 15) is 22.6 Å². The molecule has 5 aromatic rings. The van der Waals surface area contributed by atoms with Gasteiger partial charge in [0.2, 0.25) is 0 Å². The minimum atomic E-state index is -4.44. The Morgan fingerprint density at radius 3 is 2.59 bits per heavy atom. The zero-order valence-electron chi connectivity index (χ0n) is 16.6. The number of hydrogen-bond donors (Lipinski definition) is 3. The standard InChI is InChI=1S/C22H17N3O6S/c26-19(27)5-2-10-23-16-9-7-14-20-13(16)3-1-4-15(20)22(28)25-18-11-12(32(29,30)31)6-8-17(18)24-21(14)25/h1,3-4,6-9,11,23H,2,5,10H2,(H,26,27)(H,29,30,31). The number of rotatable bonds is 6. The fourth-order valence-electron chi connectivity index (χ4n) is 4.11. The molecule has 0 aliphatic rings. The molecule has 3 aromatic carbocycles. The molecule has 0 bridgehead atoms. The summed E-state index contributed by atoms with van der Waals surface area (Å²) in [7, 11) is -4.44. The number of nitrogens with zero attached hydrogens (tertiary/aromatic N) is 2. The number of carboxylic acid groups (broad SMARTS) is 1. The van der Waals surface area contributed by atoms with E-state index in [0.717, 1.165) is 21.8 Å². The SMILES string of the molecule is O=C(O)CCCNc1ccc2c3c1cccc3c(=O)n1c3cc(S(=O)(=O)O)ccc3nc21. The van der Waals surface area contributed by atoms with Crippen molar-refractivity contribution < 1.29 is 22.9 Å². The van der Waals surface area contributed by atoms with Crippen molar-refractivity contribution in [1.82, 2.24) is 9.38 Å². The molecule has 0 unspecified atom stereocenters. The zero-order valence-corrected chi connectivity index (χ0v) is 17.4. The highest BCUT2D eigenvalue weighted by Crippen LogP contribution is 2.34. The molecule has 0 amide bonds. The van der Waals surface area contributed by atoms with Crippen molar-refractivity contribution >= 4 is 60.0 Å². The van der Waals surface area contributed by atoms with Crippen LogP contribution < -0.4 is 10.9 Å². The maximum Gasteiger partial charge on any atom is 0.303 e. The van der Waals surface area contributed by atoms with Crippen LogP contribution in [0.15, 0.2) is 58.2 Å². The number of hydrogen-bond acceptors (Lipinski definition) is 6. The molecular weight excluding hydrogens is 434 g/mol. The summed E-state index contributed by atoms with van der Waals surface area (Å²) in [4.78, 5) is 28.4. The molecule has 162 valence electrons. The van der Waals surface area contributed by atoms with Crippen molar-refractivity contribution in [2.24, 2.45) is 0 Å². The second kappa shape index (κ2) is 7.14. The number of aromatic nitrogens is 2. The number of carbonyl (C=O) groups is 1. The molecule has 0 aliphatic carbocycles. The smallest absolute Gasteiger partial charge is 0.303 e. The summed E-state index contributed by atoms with van der Waals surface area (Å²) in [5.74, 6) is -0.856. The van der Waals surface area contributed by atoms with Crippen molar-refractivity contribution in [3.8, 4) is 0 Å². The van der Waals surface area contributed by atoms with E-state index in [-0.39, 0.29) is 16.9 Å². The Hall–Kier alpha value is -3.76. The molecule has 0 spiro atoms. The maximum absolute atomic E-state index is 13.4. The molecule has 0 radical (unpaired) electrons. The predicted molar refractivity (Wildman–Crippen MR) is 120 cm³/mol. The van der Waals surface area contributed by atoms with Gasteiger partial charge in [0, 0.05) is 40.2 Å². The van der Waals surface area contributed by atoms with Crippen LogP contribution in [-0.4, -0.2) is 40.0 Å². The van der Waals surface area contributed by atoms with E-state index >= 15 is 0 Å². The molecule has 2 aromatic heterocycles. The lowest BCUT2D eigenvalue weighted by molar-refractivity contribution is -0.137. The largest absolute Gasteiger partial charge is 0.481 e. The van der Waals surface area contributed by atoms with Crippen LogP contribution in [0.5, 0.6) is 0 Å². The third-order valence-corrected chi connectivity index (χ3v) is 6.37. The lowest BCUT2D eigenvalue weighted by Gasteiger charge is -2.13. The molecule has 0 atom stereocenters. The first-order valence-electron chi connectivity index (χ1n) is 9.82. The Morgan fingerprint density at radius 1 is 1.06 bits per heavy atom. The van der Waals surface area contributed by atoms with E-state index in [4.69, 9.17) is 5.11 Å². The van der Waals surface area contributed by atoms with E-state index in [1.807, 2.05) is 18.2 Å². The second-order valence-electron chi connectivity index (χ2n) is 7.51. The summed E-state index contributed by atoms with van der Waals surface area (Å²) in [6.45, 7) is 0.468. The molecule has 10 heteroatoms. The van der Waals surface area contributed by atoms with Gasteiger partial charge in [0.15, 0.2) is 0 Å². The average Bonchev–Trinajstić information content (AvgIpc) is 3.13. The monoisotopic (exact) mass is 451 g/mol. The predicted octanol–water partition coefficient (Wildman–Crippen LogP) is 3.12. The van der Waals surface area contributed by atoms with Gasteiger partial charge in [-0.1, -0.05) is 12.1 Å². The van der Waals surface area contributed by atoms with Gasteiger partial charge in [-0.15, -0.1) is 0 Å². The molecule has 0 saturated heterocycles. The van der Waals surface area contributed by atoms with Gasteiger partial charge >= 0.3 is 5.97 Å². The Bertz CT molecular complexity index is 1710. The van der Waals surface area contributed by atoms with Gasteiger partial charge in [-0.05, 0) is 42.8 Å². The number of anilines is 1. The summed E-state index contributed by atoms with van der Waals surface area (Å²) >= 11 is 0. The van der Waals surface area contributed by atoms with Gasteiger partial charge in [0.1, 0.15) is 5.65 Å². The third kappa shape index (κ3) is 3.12. The Labute approximate surface area is 181 Å². The Kier molecular flexibility index (Phi) is 4.50. The van der Waals surface area contributed by atoms with Crippen LogP contribution in [0.3, 0.4) is 0 Å². The fourth-order valence-corrected chi connectivity index (χ4v) is 4.61. The summed E-state index contributed by atoms with van der Waals surface area (Å²) in [5.41, 5.74) is 1.54. The quantitative estimate of drug-likeness (QED) is 0.264. The van der Waals surface area contributed by atoms with E-state index < -0.39 is 16.1 Å². The highest BCUT2D eigenvalue weighted by atomic mass is 32.2. The lowest BCUT2D eigenvalue weighted by atomic mass is 10.0. The molecule has 0 saturated carbocycles. The van der Waals surface area contributed by atoms with Crippen LogP contribution in [0.4, 0.5) is 5.69 Å². The first-order chi connectivity index (χ1) is 15.3. The first kappa shape index (κ1) is 20.2. The lowest BCUT2D eigenvalue weighted by Crippen LogP contribution is -2.14. The van der Waals surface area contributed by atoms with Crippen LogP contribution >= 0.6 is 0 Å². The maximum atomic E-state index is 13.4. The summed E-state index contributed by atoms with van der Waals surface area (Å²) in [6.07, 6.45) is 0.519. The van der Waals surface area contributed by atoms with Gasteiger partial charge in [0.25, 0.3) is 15.7 Å². The third-order valence-electron chi connectivity index (χ3n) is 5.52. The molecule has 9 nitrogen and oxygen atoms in total. The number of pyridine rings is 1. The van der Waals surface area contributed by atoms with Crippen LogP contribution in [0, 0.1) is 0 Å². The fraction of sp³-hybridized carbons (Fsp3) is 0.136. The van der Waals surface area contributed by atoms with Crippen molar-refractivity contribution in [3.63, 3.8) is 0 Å². The number of fused-ring (bicyclic) bond motifs is 4. The number of nitrogens with one attached hydrogen (secondary N) is 1. The van der Waals surface area contributed by atoms with Gasteiger partial charge in [-0.2, -0.15) is 8.42 Å². The van der Waals surface area contributed by atoms with E-state index in [0.29, 0.717) is 35.0 Å². The minimum Gasteiger partial charge on any atom is -0.481 e. The molecule has 0 fully saturated rings. The Morgan fingerprint density at radius 2 is 1.84 bits per heavy atom. The van der Waals surface area contributed by atoms with Gasteiger partial charge in [-0.25, -0.2) is 4.98 Å². The van der Waals surface area contributed by atoms with Crippen LogP contribution in [0.25, 0.3) is 38.2 Å². The van der Waals surface area contributed by atoms with E-state index in [1.54, 1.807) is 12.1 Å². The molecule has 2 heterocycles. The molecule has 3 N–H and O–H groups in total. The minimum absolute atomic E-state index is 0.0579. The molecule has 32 heavy (non-hydrogen) atoms. The van der Waals surface area contributed by atoms with Crippen molar-refractivity contribution in [2.75, 3.05) is 11.9 Å². The number of aliphatic carboxylic acids is 1. The van der Waals surface area contributed by atoms with Crippen LogP contribution in [0.2, 0.25) is 0 Å². The normalized spacial score (nSPS) is 12.3. The first-order valence-corrected chi connectivity index (χ1v) is 11.3. The molecular formula is C22H17N3O6S. The van der Waals surface area contributed by atoms with Gasteiger partial charge in [0.05, 0.1) is 15.9 Å². The second-order valence-corrected chi connectivity index (χ2v) is 8.94. The summed E-state index contributed by atoms with van der Waals surface area (Å²) in [5, 5.41) is 14.7. The van der Waals surface area contributed by atoms with E-state index in [2.05, 4.69) is 10.3 Å². The Balaban J connectivity index is 1.77. The highest BCUT2D eigenvalue weighted by Gasteiger charge is 2.19. The molecule has 0 aliphatic heterocycles. The van der Waals surface area contributed by atoms with Crippen LogP contribution in [-0.2, 0) is 14.9 Å². The van der Waals surface area contributed by atoms with E-state index in [1.165, 1.54) is 22.6 Å². The van der Waals surface area contributed by atoms with Gasteiger partial charge in [-0.3, -0.25) is 18.5 Å². The topological polar surface area (TPSA) is 138 Å². The summed E-state index contributed by atoms with van der Waals surface area (Å²) < 4.78 is 33.9. The molecule has 5 rings (SSSR count). The summed E-state index contributed by atoms with van der Waals surface area (Å²) in [6, 6.07) is 13.0. The number of imidazole rings is 1. The van der Waals surface area contributed by atoms with Crippen molar-refractivity contribution in [3.05, 3.63) is 58.9 Å². The van der Waals surface area contributed by atoms with Crippen molar-refractivity contribution in [2.45, 2.75) is 17.7 Å². The average molecular weight is 451 g/mol.